The molecule has 0 aliphatic heterocycles. The Morgan fingerprint density at radius 2 is 1.86 bits per heavy atom. The maximum atomic E-state index is 12.6. The Labute approximate surface area is 208 Å². The fourth-order valence-corrected chi connectivity index (χ4v) is 5.97. The number of rotatable bonds is 7. The number of aryl methyl sites for hydroxylation is 1. The Kier molecular flexibility index (Phi) is 6.68. The molecule has 0 spiro atoms. The van der Waals surface area contributed by atoms with Crippen molar-refractivity contribution in [2.75, 3.05) is 0 Å². The molecule has 1 aliphatic rings. The minimum atomic E-state index is -0.685. The molecule has 2 heterocycles. The molecule has 2 aromatic heterocycles. The lowest BCUT2D eigenvalue weighted by atomic mass is 9.77. The summed E-state index contributed by atoms with van der Waals surface area (Å²) in [5, 5.41) is 12.0. The van der Waals surface area contributed by atoms with E-state index in [0.29, 0.717) is 30.5 Å². The molecular formula is C28H29N3O3S. The first-order chi connectivity index (χ1) is 16.9. The van der Waals surface area contributed by atoms with Gasteiger partial charge in [-0.25, -0.2) is 4.98 Å². The van der Waals surface area contributed by atoms with Gasteiger partial charge in [0.05, 0.1) is 4.88 Å². The highest BCUT2D eigenvalue weighted by molar-refractivity contribution is 7.20. The van der Waals surface area contributed by atoms with Gasteiger partial charge in [0.2, 0.25) is 0 Å². The third-order valence-electron chi connectivity index (χ3n) is 6.90. The van der Waals surface area contributed by atoms with Crippen molar-refractivity contribution in [2.45, 2.75) is 51.5 Å². The van der Waals surface area contributed by atoms with Gasteiger partial charge in [-0.05, 0) is 61.1 Å². The standard InChI is InChI=1S/C28H29N3O3S/c1-18-3-2-4-20(13-18)15-29-27(34)24-16-31-17-25(35-28(31)30-24)23-11-9-22(10-12-23)21-7-5-19(6-8-21)14-26(32)33/h2-4,9-13,16-17,19,21H,5-8,14-15H2,1H3,(H,29,34)(H,32,33)/t19-,21-. The molecule has 35 heavy (non-hydrogen) atoms. The van der Waals surface area contributed by atoms with Crippen LogP contribution < -0.4 is 5.32 Å². The van der Waals surface area contributed by atoms with Crippen LogP contribution in [0.25, 0.3) is 15.4 Å². The quantitative estimate of drug-likeness (QED) is 0.332. The Bertz CT molecular complexity index is 1320. The van der Waals surface area contributed by atoms with Gasteiger partial charge >= 0.3 is 5.97 Å². The Balaban J connectivity index is 1.21. The summed E-state index contributed by atoms with van der Waals surface area (Å²) in [5.41, 5.74) is 5.12. The summed E-state index contributed by atoms with van der Waals surface area (Å²) in [5.74, 6) is -0.0306. The van der Waals surface area contributed by atoms with Gasteiger partial charge < -0.3 is 10.4 Å². The minimum Gasteiger partial charge on any atom is -0.481 e. The van der Waals surface area contributed by atoms with Crippen molar-refractivity contribution in [2.24, 2.45) is 5.92 Å². The first kappa shape index (κ1) is 23.3. The van der Waals surface area contributed by atoms with Gasteiger partial charge in [-0.1, -0.05) is 65.4 Å². The first-order valence-electron chi connectivity index (χ1n) is 12.1. The van der Waals surface area contributed by atoms with E-state index in [-0.39, 0.29) is 5.91 Å². The highest BCUT2D eigenvalue weighted by Gasteiger charge is 2.24. The van der Waals surface area contributed by atoms with Crippen molar-refractivity contribution in [3.8, 4) is 10.4 Å². The predicted molar refractivity (Wildman–Crippen MR) is 138 cm³/mol. The molecule has 1 saturated carbocycles. The highest BCUT2D eigenvalue weighted by Crippen LogP contribution is 2.38. The summed E-state index contributed by atoms with van der Waals surface area (Å²) in [7, 11) is 0. The van der Waals surface area contributed by atoms with Crippen LogP contribution in [0, 0.1) is 12.8 Å². The lowest BCUT2D eigenvalue weighted by molar-refractivity contribution is -0.138. The molecule has 2 N–H and O–H groups in total. The van der Waals surface area contributed by atoms with Gasteiger partial charge in [0.25, 0.3) is 5.91 Å². The number of hydrogen-bond acceptors (Lipinski definition) is 4. The molecule has 1 amide bonds. The average Bonchev–Trinajstić information content (AvgIpc) is 3.43. The van der Waals surface area contributed by atoms with E-state index in [9.17, 15) is 9.59 Å². The molecule has 0 radical (unpaired) electrons. The molecule has 2 aromatic carbocycles. The van der Waals surface area contributed by atoms with Crippen LogP contribution in [0.3, 0.4) is 0 Å². The zero-order valence-electron chi connectivity index (χ0n) is 19.7. The van der Waals surface area contributed by atoms with Crippen LogP contribution in [0.4, 0.5) is 0 Å². The molecule has 0 unspecified atom stereocenters. The molecule has 5 rings (SSSR count). The molecule has 0 saturated heterocycles. The van der Waals surface area contributed by atoms with E-state index in [4.69, 9.17) is 5.11 Å². The topological polar surface area (TPSA) is 83.7 Å². The summed E-state index contributed by atoms with van der Waals surface area (Å²) in [4.78, 5) is 30.0. The number of fused-ring (bicyclic) bond motifs is 1. The van der Waals surface area contributed by atoms with E-state index in [1.165, 1.54) is 11.1 Å². The Morgan fingerprint density at radius 3 is 2.54 bits per heavy atom. The number of nitrogens with one attached hydrogen (secondary N) is 1. The largest absolute Gasteiger partial charge is 0.481 e. The molecule has 1 aliphatic carbocycles. The minimum absolute atomic E-state index is 0.175. The lowest BCUT2D eigenvalue weighted by Gasteiger charge is -2.28. The number of carbonyl (C=O) groups is 2. The predicted octanol–water partition coefficient (Wildman–Crippen LogP) is 6.05. The summed E-state index contributed by atoms with van der Waals surface area (Å²) in [6.45, 7) is 2.51. The number of benzene rings is 2. The zero-order valence-corrected chi connectivity index (χ0v) is 20.6. The van der Waals surface area contributed by atoms with Crippen LogP contribution in [0.1, 0.15) is 65.2 Å². The summed E-state index contributed by atoms with van der Waals surface area (Å²) < 4.78 is 1.92. The van der Waals surface area contributed by atoms with Crippen LogP contribution >= 0.6 is 11.3 Å². The van der Waals surface area contributed by atoms with E-state index >= 15 is 0 Å². The van der Waals surface area contributed by atoms with Crippen molar-refractivity contribution in [3.63, 3.8) is 0 Å². The zero-order chi connectivity index (χ0) is 24.4. The number of imidazole rings is 1. The number of carboxylic acid groups (broad SMARTS) is 1. The van der Waals surface area contributed by atoms with Crippen molar-refractivity contribution in [3.05, 3.63) is 83.3 Å². The number of carboxylic acids is 1. The number of carbonyl (C=O) groups excluding carboxylic acids is 1. The van der Waals surface area contributed by atoms with Crippen molar-refractivity contribution in [1.82, 2.24) is 14.7 Å². The van der Waals surface area contributed by atoms with Crippen LogP contribution in [-0.2, 0) is 11.3 Å². The molecule has 6 nitrogen and oxygen atoms in total. The van der Waals surface area contributed by atoms with Gasteiger partial charge in [0.1, 0.15) is 5.69 Å². The first-order valence-corrected chi connectivity index (χ1v) is 12.9. The SMILES string of the molecule is Cc1cccc(CNC(=O)c2cn3cc(-c4ccc([C@H]5CC[C@H](CC(=O)O)CC5)cc4)sc3n2)c1. The molecule has 0 atom stereocenters. The van der Waals surface area contributed by atoms with Gasteiger partial charge in [-0.15, -0.1) is 0 Å². The number of nitrogens with zero attached hydrogens (tertiary/aromatic N) is 2. The van der Waals surface area contributed by atoms with E-state index in [1.54, 1.807) is 17.5 Å². The second-order valence-electron chi connectivity index (χ2n) is 9.52. The smallest absolute Gasteiger partial charge is 0.303 e. The molecule has 7 heteroatoms. The van der Waals surface area contributed by atoms with E-state index in [1.807, 2.05) is 35.7 Å². The van der Waals surface area contributed by atoms with E-state index < -0.39 is 5.97 Å². The van der Waals surface area contributed by atoms with E-state index in [2.05, 4.69) is 40.6 Å². The Hall–Kier alpha value is -3.45. The van der Waals surface area contributed by atoms with Crippen LogP contribution in [0.5, 0.6) is 0 Å². The second-order valence-corrected chi connectivity index (χ2v) is 10.5. The van der Waals surface area contributed by atoms with Crippen molar-refractivity contribution >= 4 is 28.2 Å². The Morgan fingerprint density at radius 1 is 1.09 bits per heavy atom. The second kappa shape index (κ2) is 10.0. The number of hydrogen-bond donors (Lipinski definition) is 2. The molecule has 4 aromatic rings. The summed E-state index contributed by atoms with van der Waals surface area (Å²) >= 11 is 1.57. The van der Waals surface area contributed by atoms with Gasteiger partial charge in [-0.3, -0.25) is 14.0 Å². The van der Waals surface area contributed by atoms with Crippen LogP contribution in [0.2, 0.25) is 0 Å². The summed E-state index contributed by atoms with van der Waals surface area (Å²) in [6, 6.07) is 16.8. The third-order valence-corrected chi connectivity index (χ3v) is 7.95. The normalized spacial score (nSPS) is 18.0. The summed E-state index contributed by atoms with van der Waals surface area (Å²) in [6.07, 6.45) is 8.18. The fraction of sp³-hybridized carbons (Fsp3) is 0.321. The van der Waals surface area contributed by atoms with Gasteiger partial charge in [-0.2, -0.15) is 0 Å². The van der Waals surface area contributed by atoms with E-state index in [0.717, 1.165) is 46.6 Å². The van der Waals surface area contributed by atoms with Gasteiger partial charge in [0, 0.05) is 25.4 Å². The molecular weight excluding hydrogens is 458 g/mol. The number of aromatic nitrogens is 2. The van der Waals surface area contributed by atoms with Crippen molar-refractivity contribution in [1.29, 1.82) is 0 Å². The fourth-order valence-electron chi connectivity index (χ4n) is 5.00. The maximum Gasteiger partial charge on any atom is 0.303 e. The monoisotopic (exact) mass is 487 g/mol. The van der Waals surface area contributed by atoms with Crippen LogP contribution in [-0.4, -0.2) is 26.4 Å². The van der Waals surface area contributed by atoms with Crippen LogP contribution in [0.15, 0.2) is 60.9 Å². The van der Waals surface area contributed by atoms with Gasteiger partial charge in [0.15, 0.2) is 4.96 Å². The molecule has 0 bridgehead atoms. The highest BCUT2D eigenvalue weighted by atomic mass is 32.1. The number of amides is 1. The maximum absolute atomic E-state index is 12.6. The molecule has 1 fully saturated rings. The number of aliphatic carboxylic acids is 1. The molecule has 180 valence electrons. The lowest BCUT2D eigenvalue weighted by Crippen LogP contribution is -2.23. The third kappa shape index (κ3) is 5.46. The van der Waals surface area contributed by atoms with Crippen molar-refractivity contribution < 1.29 is 14.7 Å². The average molecular weight is 488 g/mol. The number of thiazole rings is 1.